The highest BCUT2D eigenvalue weighted by Gasteiger charge is 2.46. The molecule has 0 saturated heterocycles. The smallest absolute Gasteiger partial charge is 0.305 e. The van der Waals surface area contributed by atoms with Crippen molar-refractivity contribution >= 4 is 17.8 Å². The Hall–Kier alpha value is -2.10. The molecule has 0 unspecified atom stereocenters. The van der Waals surface area contributed by atoms with Crippen LogP contribution in [0.5, 0.6) is 5.75 Å². The van der Waals surface area contributed by atoms with E-state index in [-0.39, 0.29) is 17.8 Å². The summed E-state index contributed by atoms with van der Waals surface area (Å²) in [6.07, 6.45) is 7.19. The molecular formula is C21H26O4. The summed E-state index contributed by atoms with van der Waals surface area (Å²) in [6.45, 7) is 2.06. The molecule has 0 amide bonds. The van der Waals surface area contributed by atoms with E-state index in [0.29, 0.717) is 12.8 Å². The first-order valence-corrected chi connectivity index (χ1v) is 8.94. The van der Waals surface area contributed by atoms with Gasteiger partial charge >= 0.3 is 5.97 Å². The lowest BCUT2D eigenvalue weighted by Crippen LogP contribution is -2.42. The van der Waals surface area contributed by atoms with Gasteiger partial charge in [0, 0.05) is 11.8 Å². The van der Waals surface area contributed by atoms with Crippen LogP contribution in [0, 0.1) is 17.3 Å². The molecule has 0 aromatic heterocycles. The van der Waals surface area contributed by atoms with Gasteiger partial charge in [-0.05, 0) is 66.4 Å². The van der Waals surface area contributed by atoms with Crippen molar-refractivity contribution in [3.8, 4) is 5.75 Å². The van der Waals surface area contributed by atoms with E-state index in [2.05, 4.69) is 25.1 Å². The quantitative estimate of drug-likeness (QED) is 0.603. The molecule has 1 aromatic rings. The van der Waals surface area contributed by atoms with Crippen molar-refractivity contribution in [3.05, 3.63) is 35.4 Å². The molecule has 0 heterocycles. The molecule has 0 aliphatic heterocycles. The average Bonchev–Trinajstić information content (AvgIpc) is 2.66. The van der Waals surface area contributed by atoms with Gasteiger partial charge in [-0.25, -0.2) is 0 Å². The van der Waals surface area contributed by atoms with Crippen LogP contribution in [0.25, 0.3) is 5.57 Å². The highest BCUT2D eigenvalue weighted by molar-refractivity contribution is 5.78. The third-order valence-electron chi connectivity index (χ3n) is 6.13. The van der Waals surface area contributed by atoms with Crippen molar-refractivity contribution in [1.29, 1.82) is 0 Å². The van der Waals surface area contributed by atoms with Gasteiger partial charge in [-0.2, -0.15) is 0 Å². The number of rotatable bonds is 5. The van der Waals surface area contributed by atoms with Crippen LogP contribution in [-0.2, 0) is 20.7 Å². The predicted octanol–water partition coefficient (Wildman–Crippen LogP) is 3.82. The highest BCUT2D eigenvalue weighted by atomic mass is 16.5. The van der Waals surface area contributed by atoms with Crippen LogP contribution in [0.3, 0.4) is 0 Å². The fourth-order valence-electron chi connectivity index (χ4n) is 4.54. The number of hydrogen-bond acceptors (Lipinski definition) is 4. The van der Waals surface area contributed by atoms with E-state index in [1.54, 1.807) is 7.11 Å². The molecule has 2 aliphatic rings. The number of hydrogen-bond donors (Lipinski definition) is 0. The molecule has 1 aromatic carbocycles. The minimum Gasteiger partial charge on any atom is -0.497 e. The maximum atomic E-state index is 12.1. The van der Waals surface area contributed by atoms with Gasteiger partial charge in [0.15, 0.2) is 0 Å². The Morgan fingerprint density at radius 3 is 2.84 bits per heavy atom. The number of benzene rings is 1. The van der Waals surface area contributed by atoms with Gasteiger partial charge in [-0.3, -0.25) is 4.79 Å². The first kappa shape index (κ1) is 17.7. The van der Waals surface area contributed by atoms with Gasteiger partial charge in [-0.1, -0.05) is 19.1 Å². The normalized spacial score (nSPS) is 27.6. The summed E-state index contributed by atoms with van der Waals surface area (Å²) < 4.78 is 10.1. The molecule has 4 nitrogen and oxygen atoms in total. The summed E-state index contributed by atoms with van der Waals surface area (Å²) in [7, 11) is 3.09. The Balaban J connectivity index is 1.91. The first-order chi connectivity index (χ1) is 12.0. The number of fused-ring (bicyclic) bond motifs is 3. The second-order valence-corrected chi connectivity index (χ2v) is 7.31. The van der Waals surface area contributed by atoms with Crippen LogP contribution in [0.4, 0.5) is 0 Å². The molecule has 4 heteroatoms. The third-order valence-corrected chi connectivity index (χ3v) is 6.13. The number of allylic oxidation sites excluding steroid dienone is 2. The number of aldehydes is 1. The van der Waals surface area contributed by atoms with Crippen molar-refractivity contribution in [2.45, 2.75) is 39.0 Å². The fourth-order valence-corrected chi connectivity index (χ4v) is 4.54. The van der Waals surface area contributed by atoms with Crippen molar-refractivity contribution < 1.29 is 19.1 Å². The monoisotopic (exact) mass is 342 g/mol. The zero-order valence-electron chi connectivity index (χ0n) is 15.2. The standard InChI is InChI=1S/C21H26O4/c1-21(13-22)15(6-11-20(23)25-3)5-8-18-17-9-7-16(24-2)12-14(17)4-10-19(18)21/h7-9,12-13,15,19H,4-6,10-11H2,1-3H3/t15-,19-,21-/m0/s1. The average molecular weight is 342 g/mol. The molecule has 0 saturated carbocycles. The lowest BCUT2D eigenvalue weighted by atomic mass is 9.56. The summed E-state index contributed by atoms with van der Waals surface area (Å²) in [5.74, 6) is 1.06. The molecule has 0 bridgehead atoms. The van der Waals surface area contributed by atoms with Crippen molar-refractivity contribution in [2.75, 3.05) is 14.2 Å². The van der Waals surface area contributed by atoms with Gasteiger partial charge in [0.1, 0.15) is 12.0 Å². The van der Waals surface area contributed by atoms with Crippen LogP contribution < -0.4 is 4.74 Å². The van der Waals surface area contributed by atoms with E-state index in [9.17, 15) is 9.59 Å². The number of carbonyl (C=O) groups excluding carboxylic acids is 2. The zero-order chi connectivity index (χ0) is 18.0. The van der Waals surface area contributed by atoms with Crippen molar-refractivity contribution in [1.82, 2.24) is 0 Å². The molecule has 3 atom stereocenters. The van der Waals surface area contributed by atoms with Crippen molar-refractivity contribution in [2.24, 2.45) is 17.3 Å². The zero-order valence-corrected chi connectivity index (χ0v) is 15.2. The Labute approximate surface area is 149 Å². The number of aryl methyl sites for hydroxylation is 1. The Kier molecular flexibility index (Phi) is 4.98. The Morgan fingerprint density at radius 2 is 2.16 bits per heavy atom. The van der Waals surface area contributed by atoms with Gasteiger partial charge in [0.2, 0.25) is 0 Å². The first-order valence-electron chi connectivity index (χ1n) is 8.94. The van der Waals surface area contributed by atoms with E-state index >= 15 is 0 Å². The predicted molar refractivity (Wildman–Crippen MR) is 96.3 cm³/mol. The van der Waals surface area contributed by atoms with E-state index in [1.165, 1.54) is 23.8 Å². The SMILES string of the molecule is COC(=O)CC[C@@H]1CC=C2c3ccc(OC)cc3CC[C@@H]2[C@@]1(C)C=O. The van der Waals surface area contributed by atoms with Crippen molar-refractivity contribution in [3.63, 3.8) is 0 Å². The molecule has 0 fully saturated rings. The number of ether oxygens (including phenoxy) is 2. The van der Waals surface area contributed by atoms with E-state index in [1.807, 2.05) is 6.07 Å². The molecule has 134 valence electrons. The van der Waals surface area contributed by atoms with Crippen LogP contribution in [-0.4, -0.2) is 26.5 Å². The fraction of sp³-hybridized carbons (Fsp3) is 0.524. The second kappa shape index (κ2) is 7.03. The molecule has 0 spiro atoms. The molecule has 0 N–H and O–H groups in total. The summed E-state index contributed by atoms with van der Waals surface area (Å²) >= 11 is 0. The van der Waals surface area contributed by atoms with Gasteiger partial charge in [0.25, 0.3) is 0 Å². The molecule has 0 radical (unpaired) electrons. The van der Waals surface area contributed by atoms with Crippen LogP contribution >= 0.6 is 0 Å². The minimum atomic E-state index is -0.435. The van der Waals surface area contributed by atoms with Crippen LogP contribution in [0.1, 0.15) is 43.7 Å². The Bertz CT molecular complexity index is 706. The third kappa shape index (κ3) is 3.10. The maximum Gasteiger partial charge on any atom is 0.305 e. The van der Waals surface area contributed by atoms with Gasteiger partial charge in [-0.15, -0.1) is 0 Å². The molecule has 25 heavy (non-hydrogen) atoms. The van der Waals surface area contributed by atoms with Crippen LogP contribution in [0.2, 0.25) is 0 Å². The molecule has 2 aliphatic carbocycles. The van der Waals surface area contributed by atoms with E-state index in [4.69, 9.17) is 9.47 Å². The summed E-state index contributed by atoms with van der Waals surface area (Å²) in [5, 5.41) is 0. The van der Waals surface area contributed by atoms with E-state index in [0.717, 1.165) is 31.3 Å². The summed E-state index contributed by atoms with van der Waals surface area (Å²) in [4.78, 5) is 23.6. The highest BCUT2D eigenvalue weighted by Crippen LogP contribution is 2.53. The maximum absolute atomic E-state index is 12.1. The number of esters is 1. The van der Waals surface area contributed by atoms with Gasteiger partial charge in [0.05, 0.1) is 14.2 Å². The summed E-state index contributed by atoms with van der Waals surface area (Å²) in [5.41, 5.74) is 3.39. The largest absolute Gasteiger partial charge is 0.497 e. The second-order valence-electron chi connectivity index (χ2n) is 7.31. The molecule has 3 rings (SSSR count). The van der Waals surface area contributed by atoms with Crippen LogP contribution in [0.15, 0.2) is 24.3 Å². The lowest BCUT2D eigenvalue weighted by molar-refractivity contribution is -0.141. The Morgan fingerprint density at radius 1 is 1.36 bits per heavy atom. The summed E-state index contributed by atoms with van der Waals surface area (Å²) in [6, 6.07) is 6.21. The lowest BCUT2D eigenvalue weighted by Gasteiger charge is -2.46. The number of methoxy groups -OCH3 is 2. The van der Waals surface area contributed by atoms with E-state index < -0.39 is 5.41 Å². The minimum absolute atomic E-state index is 0.178. The molecular weight excluding hydrogens is 316 g/mol. The topological polar surface area (TPSA) is 52.6 Å². The number of carbonyl (C=O) groups is 2. The van der Waals surface area contributed by atoms with Gasteiger partial charge < -0.3 is 14.3 Å².